The van der Waals surface area contributed by atoms with Crippen molar-refractivity contribution in [1.29, 1.82) is 0 Å². The van der Waals surface area contributed by atoms with E-state index in [0.717, 1.165) is 16.9 Å². The fourth-order valence-corrected chi connectivity index (χ4v) is 2.80. The summed E-state index contributed by atoms with van der Waals surface area (Å²) in [5.41, 5.74) is 1.99. The summed E-state index contributed by atoms with van der Waals surface area (Å²) in [4.78, 5) is 12.5. The van der Waals surface area contributed by atoms with Gasteiger partial charge in [-0.05, 0) is 42.3 Å². The standard InChI is InChI=1S/C23H23NO3/c1-2-26-21-15-13-19(14-16-21)23(18-9-5-3-6-10-18)24-22(25)17-27-20-11-7-4-8-12-20/h3-16,23H,2,17H2,1H3,(H,24,25). The van der Waals surface area contributed by atoms with Gasteiger partial charge in [0.25, 0.3) is 5.91 Å². The molecule has 1 unspecified atom stereocenters. The molecule has 4 nitrogen and oxygen atoms in total. The Hall–Kier alpha value is -3.27. The quantitative estimate of drug-likeness (QED) is 0.648. The largest absolute Gasteiger partial charge is 0.494 e. The zero-order valence-corrected chi connectivity index (χ0v) is 15.3. The number of amides is 1. The van der Waals surface area contributed by atoms with E-state index >= 15 is 0 Å². The Morgan fingerprint density at radius 3 is 1.96 bits per heavy atom. The van der Waals surface area contributed by atoms with Gasteiger partial charge in [-0.2, -0.15) is 0 Å². The second kappa shape index (κ2) is 9.43. The van der Waals surface area contributed by atoms with Crippen molar-refractivity contribution in [3.63, 3.8) is 0 Å². The molecular weight excluding hydrogens is 338 g/mol. The van der Waals surface area contributed by atoms with E-state index in [9.17, 15) is 4.79 Å². The number of para-hydroxylation sites is 1. The van der Waals surface area contributed by atoms with Crippen molar-refractivity contribution in [2.45, 2.75) is 13.0 Å². The number of nitrogens with one attached hydrogen (secondary N) is 1. The number of rotatable bonds is 8. The molecule has 1 amide bonds. The Kier molecular flexibility index (Phi) is 6.47. The lowest BCUT2D eigenvalue weighted by Gasteiger charge is -2.20. The summed E-state index contributed by atoms with van der Waals surface area (Å²) < 4.78 is 11.1. The first-order chi connectivity index (χ1) is 13.3. The summed E-state index contributed by atoms with van der Waals surface area (Å²) in [5, 5.41) is 3.07. The number of carbonyl (C=O) groups excluding carboxylic acids is 1. The first kappa shape index (κ1) is 18.5. The maximum Gasteiger partial charge on any atom is 0.258 e. The second-order valence-corrected chi connectivity index (χ2v) is 6.01. The summed E-state index contributed by atoms with van der Waals surface area (Å²) >= 11 is 0. The van der Waals surface area contributed by atoms with Crippen LogP contribution in [0.1, 0.15) is 24.1 Å². The number of benzene rings is 3. The molecule has 0 aliphatic rings. The Morgan fingerprint density at radius 2 is 1.33 bits per heavy atom. The summed E-state index contributed by atoms with van der Waals surface area (Å²) in [6.45, 7) is 2.53. The maximum absolute atomic E-state index is 12.5. The van der Waals surface area contributed by atoms with Crippen LogP contribution in [-0.4, -0.2) is 19.1 Å². The highest BCUT2D eigenvalue weighted by Crippen LogP contribution is 2.24. The molecular formula is C23H23NO3. The van der Waals surface area contributed by atoms with E-state index in [1.165, 1.54) is 0 Å². The van der Waals surface area contributed by atoms with Crippen LogP contribution in [0.2, 0.25) is 0 Å². The summed E-state index contributed by atoms with van der Waals surface area (Å²) in [5.74, 6) is 1.30. The van der Waals surface area contributed by atoms with Gasteiger partial charge in [0, 0.05) is 0 Å². The molecule has 138 valence electrons. The van der Waals surface area contributed by atoms with Gasteiger partial charge < -0.3 is 14.8 Å². The molecule has 0 aromatic heterocycles. The van der Waals surface area contributed by atoms with Gasteiger partial charge in [-0.3, -0.25) is 4.79 Å². The topological polar surface area (TPSA) is 47.6 Å². The number of hydrogen-bond acceptors (Lipinski definition) is 3. The van der Waals surface area contributed by atoms with E-state index in [2.05, 4.69) is 5.32 Å². The Bertz CT molecular complexity index is 833. The monoisotopic (exact) mass is 361 g/mol. The lowest BCUT2D eigenvalue weighted by molar-refractivity contribution is -0.123. The third-order valence-corrected chi connectivity index (χ3v) is 4.08. The predicted octanol–water partition coefficient (Wildman–Crippen LogP) is 4.37. The minimum atomic E-state index is -0.256. The van der Waals surface area contributed by atoms with Crippen LogP contribution in [0, 0.1) is 0 Å². The van der Waals surface area contributed by atoms with Crippen molar-refractivity contribution in [3.8, 4) is 11.5 Å². The van der Waals surface area contributed by atoms with Gasteiger partial charge in [0.2, 0.25) is 0 Å². The van der Waals surface area contributed by atoms with Crippen LogP contribution in [0.3, 0.4) is 0 Å². The highest BCUT2D eigenvalue weighted by molar-refractivity contribution is 5.78. The lowest BCUT2D eigenvalue weighted by Crippen LogP contribution is -2.33. The Labute approximate surface area is 159 Å². The average Bonchev–Trinajstić information content (AvgIpc) is 2.73. The molecule has 0 aliphatic carbocycles. The second-order valence-electron chi connectivity index (χ2n) is 6.01. The minimum absolute atomic E-state index is 0.0373. The molecule has 4 heteroatoms. The van der Waals surface area contributed by atoms with Crippen molar-refractivity contribution in [2.75, 3.05) is 13.2 Å². The molecule has 0 bridgehead atoms. The van der Waals surface area contributed by atoms with E-state index in [1.54, 1.807) is 0 Å². The van der Waals surface area contributed by atoms with Crippen LogP contribution < -0.4 is 14.8 Å². The summed E-state index contributed by atoms with van der Waals surface area (Å²) in [6, 6.07) is 26.7. The van der Waals surface area contributed by atoms with Gasteiger partial charge in [-0.1, -0.05) is 60.7 Å². The molecule has 0 aliphatic heterocycles. The maximum atomic E-state index is 12.5. The van der Waals surface area contributed by atoms with Crippen LogP contribution in [0.4, 0.5) is 0 Å². The summed E-state index contributed by atoms with van der Waals surface area (Å²) in [6.07, 6.45) is 0. The molecule has 0 heterocycles. The smallest absolute Gasteiger partial charge is 0.258 e. The zero-order chi connectivity index (χ0) is 18.9. The highest BCUT2D eigenvalue weighted by atomic mass is 16.5. The lowest BCUT2D eigenvalue weighted by atomic mass is 9.98. The SMILES string of the molecule is CCOc1ccc(C(NC(=O)COc2ccccc2)c2ccccc2)cc1. The van der Waals surface area contributed by atoms with Crippen molar-refractivity contribution in [2.24, 2.45) is 0 Å². The molecule has 27 heavy (non-hydrogen) atoms. The van der Waals surface area contributed by atoms with Crippen molar-refractivity contribution < 1.29 is 14.3 Å². The number of ether oxygens (including phenoxy) is 2. The number of hydrogen-bond donors (Lipinski definition) is 1. The van der Waals surface area contributed by atoms with Gasteiger partial charge in [0.15, 0.2) is 6.61 Å². The number of carbonyl (C=O) groups is 1. The van der Waals surface area contributed by atoms with Crippen molar-refractivity contribution in [1.82, 2.24) is 5.32 Å². The van der Waals surface area contributed by atoms with Crippen molar-refractivity contribution in [3.05, 3.63) is 96.1 Å². The highest BCUT2D eigenvalue weighted by Gasteiger charge is 2.17. The molecule has 1 N–H and O–H groups in total. The predicted molar refractivity (Wildman–Crippen MR) is 106 cm³/mol. The van der Waals surface area contributed by atoms with E-state index < -0.39 is 0 Å². The fourth-order valence-electron chi connectivity index (χ4n) is 2.80. The third kappa shape index (κ3) is 5.35. The molecule has 0 saturated carbocycles. The molecule has 0 radical (unpaired) electrons. The molecule has 0 fully saturated rings. The molecule has 3 aromatic carbocycles. The van der Waals surface area contributed by atoms with Crippen LogP contribution in [0.25, 0.3) is 0 Å². The van der Waals surface area contributed by atoms with E-state index in [4.69, 9.17) is 9.47 Å². The minimum Gasteiger partial charge on any atom is -0.494 e. The normalized spacial score (nSPS) is 11.4. The van der Waals surface area contributed by atoms with E-state index in [1.807, 2.05) is 91.9 Å². The Morgan fingerprint density at radius 1 is 0.778 bits per heavy atom. The van der Waals surface area contributed by atoms with Crippen LogP contribution in [-0.2, 0) is 4.79 Å². The average molecular weight is 361 g/mol. The summed E-state index contributed by atoms with van der Waals surface area (Å²) in [7, 11) is 0. The van der Waals surface area contributed by atoms with E-state index in [-0.39, 0.29) is 18.6 Å². The van der Waals surface area contributed by atoms with Gasteiger partial charge >= 0.3 is 0 Å². The first-order valence-corrected chi connectivity index (χ1v) is 9.01. The fraction of sp³-hybridized carbons (Fsp3) is 0.174. The Balaban J connectivity index is 1.73. The van der Waals surface area contributed by atoms with Gasteiger partial charge in [-0.25, -0.2) is 0 Å². The van der Waals surface area contributed by atoms with Crippen LogP contribution >= 0.6 is 0 Å². The third-order valence-electron chi connectivity index (χ3n) is 4.08. The molecule has 3 rings (SSSR count). The molecule has 0 spiro atoms. The van der Waals surface area contributed by atoms with Crippen LogP contribution in [0.5, 0.6) is 11.5 Å². The molecule has 0 saturated heterocycles. The van der Waals surface area contributed by atoms with Crippen molar-refractivity contribution >= 4 is 5.91 Å². The van der Waals surface area contributed by atoms with Gasteiger partial charge in [-0.15, -0.1) is 0 Å². The van der Waals surface area contributed by atoms with Crippen LogP contribution in [0.15, 0.2) is 84.9 Å². The first-order valence-electron chi connectivity index (χ1n) is 9.01. The van der Waals surface area contributed by atoms with E-state index in [0.29, 0.717) is 12.4 Å². The van der Waals surface area contributed by atoms with Gasteiger partial charge in [0.1, 0.15) is 11.5 Å². The molecule has 1 atom stereocenters. The molecule has 3 aromatic rings. The zero-order valence-electron chi connectivity index (χ0n) is 15.3. The van der Waals surface area contributed by atoms with Gasteiger partial charge in [0.05, 0.1) is 12.6 Å².